The number of fused-ring (bicyclic) bond motifs is 1. The van der Waals surface area contributed by atoms with Crippen LogP contribution in [0.4, 0.5) is 0 Å². The van der Waals surface area contributed by atoms with Gasteiger partial charge in [-0.1, -0.05) is 29.8 Å². The number of hydrogen-bond acceptors (Lipinski definition) is 6. The van der Waals surface area contributed by atoms with Crippen molar-refractivity contribution in [3.8, 4) is 11.5 Å². The van der Waals surface area contributed by atoms with Gasteiger partial charge in [-0.15, -0.1) is 10.2 Å². The Bertz CT molecular complexity index is 1070. The summed E-state index contributed by atoms with van der Waals surface area (Å²) in [5, 5.41) is 11.9. The Hall–Kier alpha value is -3.13. The monoisotopic (exact) mass is 445 g/mol. The van der Waals surface area contributed by atoms with Gasteiger partial charge in [0.15, 0.2) is 5.82 Å². The Morgan fingerprint density at radius 3 is 2.64 bits per heavy atom. The van der Waals surface area contributed by atoms with Crippen LogP contribution >= 0.6 is 0 Å². The Morgan fingerprint density at radius 2 is 1.88 bits per heavy atom. The topological polar surface area (TPSA) is 88.8 Å². The van der Waals surface area contributed by atoms with Crippen LogP contribution in [0.25, 0.3) is 11.5 Å². The van der Waals surface area contributed by atoms with E-state index in [1.165, 1.54) is 11.1 Å². The van der Waals surface area contributed by atoms with Gasteiger partial charge in [-0.3, -0.25) is 14.7 Å². The molecule has 172 valence electrons. The van der Waals surface area contributed by atoms with Crippen molar-refractivity contribution in [2.75, 3.05) is 19.6 Å². The Labute approximate surface area is 194 Å². The summed E-state index contributed by atoms with van der Waals surface area (Å²) in [4.78, 5) is 24.0. The van der Waals surface area contributed by atoms with Crippen LogP contribution in [0.2, 0.25) is 0 Å². The zero-order chi connectivity index (χ0) is 22.6. The van der Waals surface area contributed by atoms with Crippen molar-refractivity contribution in [2.45, 2.75) is 51.6 Å². The predicted octanol–water partition coefficient (Wildman–Crippen LogP) is 2.95. The molecule has 1 fully saturated rings. The second-order valence-electron chi connectivity index (χ2n) is 9.27. The van der Waals surface area contributed by atoms with Crippen molar-refractivity contribution in [2.24, 2.45) is 5.92 Å². The number of hydrogen-bond donors (Lipinski definition) is 1. The molecule has 4 heterocycles. The van der Waals surface area contributed by atoms with Crippen molar-refractivity contribution in [1.29, 1.82) is 0 Å². The van der Waals surface area contributed by atoms with Gasteiger partial charge in [-0.25, -0.2) is 4.98 Å². The number of benzene rings is 1. The summed E-state index contributed by atoms with van der Waals surface area (Å²) in [5.41, 5.74) is 3.36. The van der Waals surface area contributed by atoms with Crippen LogP contribution in [0.3, 0.4) is 0 Å². The molecule has 0 bridgehead atoms. The maximum Gasteiger partial charge on any atom is 0.230 e. The summed E-state index contributed by atoms with van der Waals surface area (Å²) in [6, 6.07) is 8.81. The molecule has 1 atom stereocenters. The average molecular weight is 446 g/mol. The second kappa shape index (κ2) is 9.79. The maximum atomic E-state index is 13.1. The highest BCUT2D eigenvalue weighted by atomic mass is 16.1. The Morgan fingerprint density at radius 1 is 1.06 bits per heavy atom. The minimum atomic E-state index is -0.252. The number of carbonyl (C=O) groups is 1. The number of piperidine rings is 1. The lowest BCUT2D eigenvalue weighted by Gasteiger charge is -2.32. The lowest BCUT2D eigenvalue weighted by atomic mass is 9.94. The van der Waals surface area contributed by atoms with Gasteiger partial charge in [0, 0.05) is 32.0 Å². The fourth-order valence-electron chi connectivity index (χ4n) is 4.90. The highest BCUT2D eigenvalue weighted by Crippen LogP contribution is 2.29. The summed E-state index contributed by atoms with van der Waals surface area (Å²) < 4.78 is 2.03. The van der Waals surface area contributed by atoms with Crippen molar-refractivity contribution < 1.29 is 4.79 Å². The third kappa shape index (κ3) is 4.95. The zero-order valence-electron chi connectivity index (χ0n) is 19.2. The minimum Gasteiger partial charge on any atom is -0.355 e. The SMILES string of the molecule is Cc1ccc(CN2CCC(CNC(=O)C3CCCn4c(-c5cnccn5)nnc43)CC2)cc1. The normalized spacial score (nSPS) is 19.2. The molecule has 1 saturated heterocycles. The van der Waals surface area contributed by atoms with Crippen LogP contribution in [-0.4, -0.2) is 55.2 Å². The van der Waals surface area contributed by atoms with Crippen LogP contribution < -0.4 is 5.32 Å². The molecule has 8 heteroatoms. The lowest BCUT2D eigenvalue weighted by molar-refractivity contribution is -0.123. The molecule has 0 spiro atoms. The lowest BCUT2D eigenvalue weighted by Crippen LogP contribution is -2.40. The molecule has 1 unspecified atom stereocenters. The van der Waals surface area contributed by atoms with Crippen molar-refractivity contribution in [3.63, 3.8) is 0 Å². The van der Waals surface area contributed by atoms with Crippen LogP contribution in [-0.2, 0) is 17.9 Å². The van der Waals surface area contributed by atoms with E-state index in [4.69, 9.17) is 0 Å². The molecule has 33 heavy (non-hydrogen) atoms. The first kappa shape index (κ1) is 21.7. The number of amides is 1. The fraction of sp³-hybridized carbons (Fsp3) is 0.480. The highest BCUT2D eigenvalue weighted by molar-refractivity contribution is 5.83. The molecule has 2 aromatic heterocycles. The van der Waals surface area contributed by atoms with Crippen LogP contribution in [0, 0.1) is 12.8 Å². The maximum absolute atomic E-state index is 13.1. The van der Waals surface area contributed by atoms with E-state index < -0.39 is 0 Å². The van der Waals surface area contributed by atoms with Gasteiger partial charge < -0.3 is 9.88 Å². The summed E-state index contributed by atoms with van der Waals surface area (Å²) >= 11 is 0. The second-order valence-corrected chi connectivity index (χ2v) is 9.27. The van der Waals surface area contributed by atoms with E-state index in [9.17, 15) is 4.79 Å². The summed E-state index contributed by atoms with van der Waals surface area (Å²) in [5.74, 6) is 1.78. The van der Waals surface area contributed by atoms with Crippen LogP contribution in [0.1, 0.15) is 48.6 Å². The molecular weight excluding hydrogens is 414 g/mol. The number of aromatic nitrogens is 5. The number of likely N-dealkylation sites (tertiary alicyclic amines) is 1. The Kier molecular flexibility index (Phi) is 6.44. The smallest absolute Gasteiger partial charge is 0.230 e. The summed E-state index contributed by atoms with van der Waals surface area (Å²) in [6.45, 7) is 6.82. The first-order valence-corrected chi connectivity index (χ1v) is 11.9. The van der Waals surface area contributed by atoms with Gasteiger partial charge in [0.25, 0.3) is 0 Å². The van der Waals surface area contributed by atoms with Crippen LogP contribution in [0.5, 0.6) is 0 Å². The van der Waals surface area contributed by atoms with Gasteiger partial charge in [-0.2, -0.15) is 0 Å². The van der Waals surface area contributed by atoms with E-state index in [0.29, 0.717) is 17.4 Å². The van der Waals surface area contributed by atoms with Crippen LogP contribution in [0.15, 0.2) is 42.9 Å². The first-order chi connectivity index (χ1) is 16.2. The zero-order valence-corrected chi connectivity index (χ0v) is 19.2. The highest BCUT2D eigenvalue weighted by Gasteiger charge is 2.32. The van der Waals surface area contributed by atoms with E-state index in [-0.39, 0.29) is 11.8 Å². The van der Waals surface area contributed by atoms with Crippen molar-refractivity contribution >= 4 is 5.91 Å². The third-order valence-electron chi connectivity index (χ3n) is 6.87. The van der Waals surface area contributed by atoms with Gasteiger partial charge in [-0.05, 0) is 57.2 Å². The molecule has 0 saturated carbocycles. The quantitative estimate of drug-likeness (QED) is 0.628. The number of carbonyl (C=O) groups excluding carboxylic acids is 1. The van der Waals surface area contributed by atoms with Gasteiger partial charge in [0.2, 0.25) is 5.91 Å². The number of nitrogens with zero attached hydrogens (tertiary/aromatic N) is 6. The van der Waals surface area contributed by atoms with Gasteiger partial charge in [0.1, 0.15) is 11.5 Å². The molecule has 5 rings (SSSR count). The molecular formula is C25H31N7O. The fourth-order valence-corrected chi connectivity index (χ4v) is 4.90. The number of nitrogens with one attached hydrogen (secondary N) is 1. The molecule has 2 aliphatic heterocycles. The average Bonchev–Trinajstić information content (AvgIpc) is 3.30. The van der Waals surface area contributed by atoms with Crippen molar-refractivity contribution in [1.82, 2.24) is 34.9 Å². The van der Waals surface area contributed by atoms with E-state index in [2.05, 4.69) is 61.6 Å². The minimum absolute atomic E-state index is 0.0659. The third-order valence-corrected chi connectivity index (χ3v) is 6.87. The van der Waals surface area contributed by atoms with E-state index in [0.717, 1.165) is 64.2 Å². The first-order valence-electron chi connectivity index (χ1n) is 11.9. The van der Waals surface area contributed by atoms with E-state index in [1.54, 1.807) is 18.6 Å². The van der Waals surface area contributed by atoms with E-state index >= 15 is 0 Å². The molecule has 1 amide bonds. The molecule has 8 nitrogen and oxygen atoms in total. The largest absolute Gasteiger partial charge is 0.355 e. The molecule has 1 N–H and O–H groups in total. The molecule has 2 aliphatic rings. The molecule has 3 aromatic rings. The standard InChI is InChI=1S/C25H31N7O/c1-18-4-6-20(7-5-18)17-31-13-8-19(9-14-31)15-28-25(33)21-3-2-12-32-23(21)29-30-24(32)22-16-26-10-11-27-22/h4-7,10-11,16,19,21H,2-3,8-9,12-15,17H2,1H3,(H,28,33). The number of aryl methyl sites for hydroxylation is 1. The molecule has 0 aliphatic carbocycles. The summed E-state index contributed by atoms with van der Waals surface area (Å²) in [7, 11) is 0. The van der Waals surface area contributed by atoms with Crippen molar-refractivity contribution in [3.05, 3.63) is 59.8 Å². The Balaban J connectivity index is 1.14. The van der Waals surface area contributed by atoms with E-state index in [1.807, 2.05) is 4.57 Å². The predicted molar refractivity (Wildman–Crippen MR) is 125 cm³/mol. The molecule has 0 radical (unpaired) electrons. The van der Waals surface area contributed by atoms with Gasteiger partial charge in [0.05, 0.1) is 12.1 Å². The van der Waals surface area contributed by atoms with Gasteiger partial charge >= 0.3 is 0 Å². The number of rotatable bonds is 6. The summed E-state index contributed by atoms with van der Waals surface area (Å²) in [6.07, 6.45) is 8.93. The molecule has 1 aromatic carbocycles.